The Bertz CT molecular complexity index is 1640. The summed E-state index contributed by atoms with van der Waals surface area (Å²) in [5.41, 5.74) is 6.69. The number of aryl methyl sites for hydroxylation is 3. The molecule has 42 heavy (non-hydrogen) atoms. The predicted octanol–water partition coefficient (Wildman–Crippen LogP) is 5.75. The second kappa shape index (κ2) is 12.1. The summed E-state index contributed by atoms with van der Waals surface area (Å²) in [5.74, 6) is 0.789. The minimum atomic E-state index is -0.196. The second-order valence-corrected chi connectivity index (χ2v) is 12.0. The number of hydrogen-bond donors (Lipinski definition) is 2. The van der Waals surface area contributed by atoms with Gasteiger partial charge in [0.25, 0.3) is 11.5 Å². The summed E-state index contributed by atoms with van der Waals surface area (Å²) in [7, 11) is 0. The van der Waals surface area contributed by atoms with Crippen molar-refractivity contribution in [3.8, 4) is 11.1 Å². The SMILES string of the molecule is CC[C@H](C)n1cc(C)c2c(C(=O)NCc3c(C)cc(C)[nH]c3=O)cc(-c3ccc(N4CCN(C(C)C)CC4)nc3)cc21. The molecule has 8 nitrogen and oxygen atoms in total. The molecular formula is C34H44N6O2. The number of fused-ring (bicyclic) bond motifs is 1. The van der Waals surface area contributed by atoms with Crippen LogP contribution in [0.3, 0.4) is 0 Å². The van der Waals surface area contributed by atoms with Crippen LogP contribution in [-0.2, 0) is 6.54 Å². The number of aromatic nitrogens is 3. The number of benzene rings is 1. The van der Waals surface area contributed by atoms with Crippen LogP contribution in [0.4, 0.5) is 5.82 Å². The van der Waals surface area contributed by atoms with Crippen molar-refractivity contribution >= 4 is 22.6 Å². The van der Waals surface area contributed by atoms with Crippen LogP contribution in [0.15, 0.2) is 47.5 Å². The van der Waals surface area contributed by atoms with E-state index in [1.54, 1.807) is 0 Å². The number of carbonyl (C=O) groups excluding carboxylic acids is 1. The molecule has 1 amide bonds. The van der Waals surface area contributed by atoms with Gasteiger partial charge in [0.1, 0.15) is 5.82 Å². The standard InChI is InChI=1S/C34H44N6O2/c1-8-25(7)40-20-23(5)32-28(33(41)36-19-29-22(4)15-24(6)37-34(29)42)16-27(17-30(32)40)26-9-10-31(35-18-26)39-13-11-38(12-14-39)21(2)3/h9-10,15-18,20-21,25H,8,11-14,19H2,1-7H3,(H,36,41)(H,37,42)/t25-/m0/s1. The minimum Gasteiger partial charge on any atom is -0.354 e. The summed E-state index contributed by atoms with van der Waals surface area (Å²) in [6, 6.07) is 11.1. The van der Waals surface area contributed by atoms with Crippen molar-refractivity contribution in [2.24, 2.45) is 0 Å². The van der Waals surface area contributed by atoms with Gasteiger partial charge in [0.15, 0.2) is 0 Å². The average Bonchev–Trinajstić information content (AvgIpc) is 3.31. The highest BCUT2D eigenvalue weighted by atomic mass is 16.1. The number of amides is 1. The van der Waals surface area contributed by atoms with Gasteiger partial charge in [-0.2, -0.15) is 0 Å². The Morgan fingerprint density at radius 1 is 1.00 bits per heavy atom. The summed E-state index contributed by atoms with van der Waals surface area (Å²) >= 11 is 0. The van der Waals surface area contributed by atoms with Crippen molar-refractivity contribution in [2.75, 3.05) is 31.1 Å². The fraction of sp³-hybridized carbons (Fsp3) is 0.441. The van der Waals surface area contributed by atoms with Crippen LogP contribution in [0.5, 0.6) is 0 Å². The molecule has 4 heterocycles. The highest BCUT2D eigenvalue weighted by Gasteiger charge is 2.22. The Labute approximate surface area is 248 Å². The lowest BCUT2D eigenvalue weighted by molar-refractivity contribution is 0.0952. The number of nitrogens with one attached hydrogen (secondary N) is 2. The van der Waals surface area contributed by atoms with E-state index in [-0.39, 0.29) is 24.1 Å². The Morgan fingerprint density at radius 3 is 2.36 bits per heavy atom. The second-order valence-electron chi connectivity index (χ2n) is 12.0. The van der Waals surface area contributed by atoms with Crippen LogP contribution in [0.2, 0.25) is 0 Å². The van der Waals surface area contributed by atoms with E-state index in [1.165, 1.54) is 0 Å². The van der Waals surface area contributed by atoms with Crippen molar-refractivity contribution in [1.29, 1.82) is 0 Å². The molecule has 5 rings (SSSR count). The lowest BCUT2D eigenvalue weighted by Gasteiger charge is -2.37. The van der Waals surface area contributed by atoms with Gasteiger partial charge in [-0.25, -0.2) is 4.98 Å². The maximum Gasteiger partial charge on any atom is 0.253 e. The summed E-state index contributed by atoms with van der Waals surface area (Å²) < 4.78 is 2.27. The zero-order valence-electron chi connectivity index (χ0n) is 26.0. The Kier molecular flexibility index (Phi) is 8.55. The minimum absolute atomic E-state index is 0.164. The first-order valence-electron chi connectivity index (χ1n) is 15.2. The van der Waals surface area contributed by atoms with Crippen molar-refractivity contribution in [3.05, 3.63) is 81.0 Å². The summed E-state index contributed by atoms with van der Waals surface area (Å²) in [6.07, 6.45) is 5.04. The topological polar surface area (TPSA) is 86.3 Å². The Morgan fingerprint density at radius 2 is 1.74 bits per heavy atom. The molecule has 0 aliphatic carbocycles. The predicted molar refractivity (Wildman–Crippen MR) is 172 cm³/mol. The van der Waals surface area contributed by atoms with E-state index >= 15 is 0 Å². The van der Waals surface area contributed by atoms with E-state index in [2.05, 4.69) is 83.7 Å². The molecule has 222 valence electrons. The van der Waals surface area contributed by atoms with Gasteiger partial charge in [-0.15, -0.1) is 0 Å². The van der Waals surface area contributed by atoms with Crippen molar-refractivity contribution < 1.29 is 4.79 Å². The first kappa shape index (κ1) is 29.6. The summed E-state index contributed by atoms with van der Waals surface area (Å²) in [5, 5.41) is 3.98. The maximum atomic E-state index is 13.8. The molecule has 0 unspecified atom stereocenters. The molecule has 1 aliphatic rings. The molecular weight excluding hydrogens is 524 g/mol. The number of pyridine rings is 2. The van der Waals surface area contributed by atoms with E-state index in [1.807, 2.05) is 32.2 Å². The molecule has 1 atom stereocenters. The Hall–Kier alpha value is -3.91. The molecule has 0 bridgehead atoms. The lowest BCUT2D eigenvalue weighted by Crippen LogP contribution is -2.49. The molecule has 2 N–H and O–H groups in total. The van der Waals surface area contributed by atoms with Crippen molar-refractivity contribution in [3.63, 3.8) is 0 Å². The molecule has 1 saturated heterocycles. The molecule has 1 aliphatic heterocycles. The monoisotopic (exact) mass is 568 g/mol. The Balaban J connectivity index is 1.49. The molecule has 3 aromatic heterocycles. The number of piperazine rings is 1. The molecule has 0 spiro atoms. The normalized spacial score (nSPS) is 15.0. The number of rotatable bonds is 8. The first-order chi connectivity index (χ1) is 20.1. The molecule has 1 fully saturated rings. The molecule has 0 radical (unpaired) electrons. The smallest absolute Gasteiger partial charge is 0.253 e. The molecule has 0 saturated carbocycles. The van der Waals surface area contributed by atoms with Gasteiger partial charge >= 0.3 is 0 Å². The summed E-state index contributed by atoms with van der Waals surface area (Å²) in [6.45, 7) is 18.9. The number of aromatic amines is 1. The molecule has 4 aromatic rings. The van der Waals surface area contributed by atoms with E-state index < -0.39 is 0 Å². The van der Waals surface area contributed by atoms with Crippen LogP contribution >= 0.6 is 0 Å². The zero-order valence-corrected chi connectivity index (χ0v) is 26.0. The maximum absolute atomic E-state index is 13.8. The largest absolute Gasteiger partial charge is 0.354 e. The van der Waals surface area contributed by atoms with Gasteiger partial charge in [-0.05, 0) is 95.0 Å². The highest BCUT2D eigenvalue weighted by Crippen LogP contribution is 2.34. The number of hydrogen-bond acceptors (Lipinski definition) is 5. The van der Waals surface area contributed by atoms with Gasteiger partial charge in [0, 0.05) is 90.5 Å². The first-order valence-corrected chi connectivity index (χ1v) is 15.2. The van der Waals surface area contributed by atoms with Gasteiger partial charge in [-0.3, -0.25) is 14.5 Å². The third-order valence-electron chi connectivity index (χ3n) is 8.80. The zero-order chi connectivity index (χ0) is 30.1. The van der Waals surface area contributed by atoms with Crippen LogP contribution in [0, 0.1) is 20.8 Å². The molecule has 8 heteroatoms. The number of anilines is 1. The van der Waals surface area contributed by atoms with Crippen LogP contribution < -0.4 is 15.8 Å². The lowest BCUT2D eigenvalue weighted by atomic mass is 9.98. The average molecular weight is 569 g/mol. The van der Waals surface area contributed by atoms with Crippen LogP contribution in [-0.4, -0.2) is 57.6 Å². The highest BCUT2D eigenvalue weighted by molar-refractivity contribution is 6.09. The quantitative estimate of drug-likeness (QED) is 0.283. The fourth-order valence-electron chi connectivity index (χ4n) is 6.07. The third kappa shape index (κ3) is 5.86. The van der Waals surface area contributed by atoms with E-state index in [0.717, 1.165) is 77.3 Å². The van der Waals surface area contributed by atoms with Crippen LogP contribution in [0.1, 0.15) is 72.9 Å². The number of H-pyrrole nitrogens is 1. The van der Waals surface area contributed by atoms with Gasteiger partial charge in [0.2, 0.25) is 0 Å². The van der Waals surface area contributed by atoms with Crippen LogP contribution in [0.25, 0.3) is 22.0 Å². The van der Waals surface area contributed by atoms with Crippen molar-refractivity contribution in [1.82, 2.24) is 24.8 Å². The van der Waals surface area contributed by atoms with Crippen molar-refractivity contribution in [2.45, 2.75) is 73.5 Å². The molecule has 1 aromatic carbocycles. The van der Waals surface area contributed by atoms with Gasteiger partial charge in [0.05, 0.1) is 0 Å². The van der Waals surface area contributed by atoms with Gasteiger partial charge < -0.3 is 19.8 Å². The van der Waals surface area contributed by atoms with Gasteiger partial charge in [-0.1, -0.05) is 6.92 Å². The third-order valence-corrected chi connectivity index (χ3v) is 8.80. The summed E-state index contributed by atoms with van der Waals surface area (Å²) in [4.78, 5) is 38.9. The fourth-order valence-corrected chi connectivity index (χ4v) is 6.07. The van der Waals surface area contributed by atoms with E-state index in [0.29, 0.717) is 17.2 Å². The number of carbonyl (C=O) groups is 1. The van der Waals surface area contributed by atoms with E-state index in [4.69, 9.17) is 4.98 Å². The number of nitrogens with zero attached hydrogens (tertiary/aromatic N) is 4. The van der Waals surface area contributed by atoms with E-state index in [9.17, 15) is 9.59 Å².